The third-order valence-electron chi connectivity index (χ3n) is 4.54. The quantitative estimate of drug-likeness (QED) is 0.844. The van der Waals surface area contributed by atoms with Crippen molar-refractivity contribution in [1.82, 2.24) is 20.0 Å². The zero-order chi connectivity index (χ0) is 16.9. The lowest BCUT2D eigenvalue weighted by Crippen LogP contribution is -2.34. The van der Waals surface area contributed by atoms with Gasteiger partial charge >= 0.3 is 6.03 Å². The lowest BCUT2D eigenvalue weighted by molar-refractivity contribution is 0.159. The summed E-state index contributed by atoms with van der Waals surface area (Å²) >= 11 is 0. The van der Waals surface area contributed by atoms with Gasteiger partial charge in [-0.25, -0.2) is 4.79 Å². The number of methoxy groups -OCH3 is 1. The summed E-state index contributed by atoms with van der Waals surface area (Å²) in [5.74, 6) is 0.508. The Bertz CT molecular complexity index is 699. The molecule has 0 saturated carbocycles. The highest BCUT2D eigenvalue weighted by molar-refractivity contribution is 5.92. The first-order valence-corrected chi connectivity index (χ1v) is 8.33. The normalized spacial score (nSPS) is 18.2. The van der Waals surface area contributed by atoms with Gasteiger partial charge in [-0.15, -0.1) is 0 Å². The van der Waals surface area contributed by atoms with E-state index < -0.39 is 0 Å². The third kappa shape index (κ3) is 4.04. The maximum Gasteiger partial charge on any atom is 0.319 e. The molecule has 1 aliphatic heterocycles. The first kappa shape index (κ1) is 16.7. The fourth-order valence-corrected chi connectivity index (χ4v) is 3.16. The van der Waals surface area contributed by atoms with Crippen LogP contribution in [-0.2, 0) is 11.8 Å². The molecule has 1 atom stereocenters. The molecule has 1 aromatic carbocycles. The van der Waals surface area contributed by atoms with Crippen LogP contribution in [0.2, 0.25) is 0 Å². The number of rotatable bonds is 6. The van der Waals surface area contributed by atoms with Gasteiger partial charge in [0.15, 0.2) is 0 Å². The summed E-state index contributed by atoms with van der Waals surface area (Å²) < 4.78 is 6.92. The third-order valence-corrected chi connectivity index (χ3v) is 4.54. The Morgan fingerprint density at radius 2 is 2.33 bits per heavy atom. The van der Waals surface area contributed by atoms with Crippen molar-refractivity contribution >= 4 is 22.6 Å². The highest BCUT2D eigenvalue weighted by Gasteiger charge is 2.22. The highest BCUT2D eigenvalue weighted by atomic mass is 16.5. The van der Waals surface area contributed by atoms with Crippen LogP contribution in [0.15, 0.2) is 24.4 Å². The molecule has 1 saturated heterocycles. The summed E-state index contributed by atoms with van der Waals surface area (Å²) in [7, 11) is 3.63. The molecule has 2 N–H and O–H groups in total. The van der Waals surface area contributed by atoms with Gasteiger partial charge < -0.3 is 20.3 Å². The summed E-state index contributed by atoms with van der Waals surface area (Å²) in [6.07, 6.45) is 2.91. The number of aryl methyl sites for hydroxylation is 1. The second-order valence-corrected chi connectivity index (χ2v) is 6.32. The van der Waals surface area contributed by atoms with Gasteiger partial charge in [-0.05, 0) is 37.1 Å². The van der Waals surface area contributed by atoms with Gasteiger partial charge in [0.25, 0.3) is 0 Å². The van der Waals surface area contributed by atoms with Gasteiger partial charge in [0, 0.05) is 44.9 Å². The van der Waals surface area contributed by atoms with Gasteiger partial charge in [-0.1, -0.05) is 0 Å². The Morgan fingerprint density at radius 1 is 1.46 bits per heavy atom. The Hall–Kier alpha value is -2.12. The van der Waals surface area contributed by atoms with Crippen molar-refractivity contribution in [3.8, 4) is 0 Å². The number of carbonyl (C=O) groups is 1. The molecule has 1 fully saturated rings. The van der Waals surface area contributed by atoms with Gasteiger partial charge in [0.05, 0.1) is 18.3 Å². The predicted molar refractivity (Wildman–Crippen MR) is 94.2 cm³/mol. The van der Waals surface area contributed by atoms with E-state index in [-0.39, 0.29) is 6.03 Å². The van der Waals surface area contributed by atoms with Gasteiger partial charge in [0.2, 0.25) is 0 Å². The molecule has 3 rings (SSSR count). The van der Waals surface area contributed by atoms with Crippen LogP contribution in [-0.4, -0.2) is 60.6 Å². The molecule has 1 aliphatic rings. The number of likely N-dealkylation sites (tertiary alicyclic amines) is 1. The number of fused-ring (bicyclic) bond motifs is 1. The van der Waals surface area contributed by atoms with Crippen molar-refractivity contribution in [3.63, 3.8) is 0 Å². The van der Waals surface area contributed by atoms with Crippen molar-refractivity contribution in [1.29, 1.82) is 0 Å². The van der Waals surface area contributed by atoms with E-state index in [4.69, 9.17) is 4.74 Å². The van der Waals surface area contributed by atoms with Crippen molar-refractivity contribution in [2.75, 3.05) is 45.2 Å². The molecular weight excluding hydrogens is 306 g/mol. The number of aromatic nitrogens is 2. The summed E-state index contributed by atoms with van der Waals surface area (Å²) in [5.41, 5.74) is 1.82. The number of nitrogens with zero attached hydrogens (tertiary/aromatic N) is 3. The first-order chi connectivity index (χ1) is 11.7. The second kappa shape index (κ2) is 7.63. The van der Waals surface area contributed by atoms with Crippen LogP contribution in [0.1, 0.15) is 6.42 Å². The van der Waals surface area contributed by atoms with Crippen LogP contribution in [0.25, 0.3) is 10.9 Å². The molecule has 0 unspecified atom stereocenters. The van der Waals surface area contributed by atoms with E-state index in [0.29, 0.717) is 12.5 Å². The number of benzene rings is 1. The Balaban J connectivity index is 1.45. The molecule has 1 aromatic heterocycles. The Labute approximate surface area is 141 Å². The van der Waals surface area contributed by atoms with Crippen molar-refractivity contribution in [3.05, 3.63) is 24.4 Å². The average Bonchev–Trinajstić information content (AvgIpc) is 3.18. The number of hydrogen-bond acceptors (Lipinski definition) is 4. The molecule has 7 heteroatoms. The largest absolute Gasteiger partial charge is 0.383 e. The maximum atomic E-state index is 12.1. The lowest BCUT2D eigenvalue weighted by atomic mass is 10.1. The van der Waals surface area contributed by atoms with Crippen molar-refractivity contribution < 1.29 is 9.53 Å². The number of carbonyl (C=O) groups excluding carboxylic acids is 1. The van der Waals surface area contributed by atoms with Crippen LogP contribution in [0.4, 0.5) is 10.5 Å². The lowest BCUT2D eigenvalue weighted by Gasteiger charge is -2.15. The Kier molecular flexibility index (Phi) is 5.32. The molecule has 0 aliphatic carbocycles. The van der Waals surface area contributed by atoms with E-state index >= 15 is 0 Å². The zero-order valence-electron chi connectivity index (χ0n) is 14.3. The number of urea groups is 1. The minimum Gasteiger partial charge on any atom is -0.383 e. The van der Waals surface area contributed by atoms with Crippen molar-refractivity contribution in [2.24, 2.45) is 13.0 Å². The fourth-order valence-electron chi connectivity index (χ4n) is 3.16. The fraction of sp³-hybridized carbons (Fsp3) is 0.529. The van der Waals surface area contributed by atoms with Crippen LogP contribution >= 0.6 is 0 Å². The highest BCUT2D eigenvalue weighted by Crippen LogP contribution is 2.18. The van der Waals surface area contributed by atoms with Crippen LogP contribution in [0.5, 0.6) is 0 Å². The van der Waals surface area contributed by atoms with Crippen LogP contribution < -0.4 is 10.6 Å². The standard InChI is InChI=1S/C17H25N5O2/c1-21-16-4-3-15(9-14(16)11-19-21)20-17(23)18-10-13-5-6-22(12-13)7-8-24-2/h3-4,9,11,13H,5-8,10,12H2,1-2H3,(H2,18,20,23)/t13-/m1/s1. The predicted octanol–water partition coefficient (Wildman–Crippen LogP) is 1.66. The van der Waals surface area contributed by atoms with E-state index in [0.717, 1.165) is 49.3 Å². The number of anilines is 1. The summed E-state index contributed by atoms with van der Waals surface area (Å²) in [6, 6.07) is 5.63. The molecule has 0 spiro atoms. The topological polar surface area (TPSA) is 71.4 Å². The number of nitrogens with one attached hydrogen (secondary N) is 2. The number of hydrogen-bond donors (Lipinski definition) is 2. The average molecular weight is 331 g/mol. The SMILES string of the molecule is COCCN1CC[C@H](CNC(=O)Nc2ccc3c(cnn3C)c2)C1. The summed E-state index contributed by atoms with van der Waals surface area (Å²) in [6.45, 7) is 4.52. The van der Waals surface area contributed by atoms with Gasteiger partial charge in [0.1, 0.15) is 0 Å². The minimum absolute atomic E-state index is 0.159. The maximum absolute atomic E-state index is 12.1. The molecule has 2 aromatic rings. The first-order valence-electron chi connectivity index (χ1n) is 8.33. The number of ether oxygens (including phenoxy) is 1. The van der Waals surface area contributed by atoms with Crippen LogP contribution in [0.3, 0.4) is 0 Å². The molecule has 130 valence electrons. The second-order valence-electron chi connectivity index (χ2n) is 6.32. The smallest absolute Gasteiger partial charge is 0.319 e. The molecule has 24 heavy (non-hydrogen) atoms. The molecule has 0 radical (unpaired) electrons. The van der Waals surface area contributed by atoms with E-state index in [1.54, 1.807) is 13.3 Å². The molecule has 7 nitrogen and oxygen atoms in total. The Morgan fingerprint density at radius 3 is 3.17 bits per heavy atom. The molecule has 2 heterocycles. The molecule has 0 bridgehead atoms. The van der Waals surface area contributed by atoms with Gasteiger partial charge in [-0.3, -0.25) is 4.68 Å². The monoisotopic (exact) mass is 331 g/mol. The summed E-state index contributed by atoms with van der Waals surface area (Å²) in [4.78, 5) is 14.5. The van der Waals surface area contributed by atoms with E-state index in [1.807, 2.05) is 29.9 Å². The van der Waals surface area contributed by atoms with E-state index in [1.165, 1.54) is 0 Å². The molecule has 2 amide bonds. The van der Waals surface area contributed by atoms with E-state index in [9.17, 15) is 4.79 Å². The molecular formula is C17H25N5O2. The van der Waals surface area contributed by atoms with Gasteiger partial charge in [-0.2, -0.15) is 5.10 Å². The van der Waals surface area contributed by atoms with E-state index in [2.05, 4.69) is 20.6 Å². The summed E-state index contributed by atoms with van der Waals surface area (Å²) in [5, 5.41) is 11.1. The minimum atomic E-state index is -0.159. The number of amides is 2. The van der Waals surface area contributed by atoms with Crippen LogP contribution in [0, 0.1) is 5.92 Å². The van der Waals surface area contributed by atoms with Crippen molar-refractivity contribution in [2.45, 2.75) is 6.42 Å². The zero-order valence-corrected chi connectivity index (χ0v) is 14.3.